The Bertz CT molecular complexity index is 768. The lowest BCUT2D eigenvalue weighted by molar-refractivity contribution is 0.551. The van der Waals surface area contributed by atoms with E-state index >= 15 is 0 Å². The van der Waals surface area contributed by atoms with E-state index in [0.717, 1.165) is 12.1 Å². The molecular formula is C12H7BrClF2NO2S. The quantitative estimate of drug-likeness (QED) is 0.865. The van der Waals surface area contributed by atoms with E-state index < -0.39 is 26.6 Å². The zero-order valence-corrected chi connectivity index (χ0v) is 12.9. The van der Waals surface area contributed by atoms with Crippen molar-refractivity contribution in [2.45, 2.75) is 4.90 Å². The number of hydrogen-bond acceptors (Lipinski definition) is 2. The number of benzene rings is 2. The second-order valence-corrected chi connectivity index (χ2v) is 6.63. The lowest BCUT2D eigenvalue weighted by Crippen LogP contribution is -2.15. The van der Waals surface area contributed by atoms with E-state index in [1.807, 2.05) is 0 Å². The Morgan fingerprint density at radius 3 is 2.50 bits per heavy atom. The van der Waals surface area contributed by atoms with Crippen LogP contribution < -0.4 is 4.72 Å². The Morgan fingerprint density at radius 2 is 1.85 bits per heavy atom. The van der Waals surface area contributed by atoms with Crippen molar-refractivity contribution >= 4 is 43.2 Å². The molecule has 8 heteroatoms. The van der Waals surface area contributed by atoms with E-state index in [2.05, 4.69) is 20.7 Å². The van der Waals surface area contributed by atoms with Crippen LogP contribution in [0.2, 0.25) is 5.02 Å². The van der Waals surface area contributed by atoms with E-state index in [1.54, 1.807) is 6.07 Å². The molecule has 0 saturated heterocycles. The van der Waals surface area contributed by atoms with Crippen molar-refractivity contribution in [3.8, 4) is 0 Å². The van der Waals surface area contributed by atoms with Gasteiger partial charge in [-0.3, -0.25) is 4.72 Å². The van der Waals surface area contributed by atoms with Gasteiger partial charge in [0, 0.05) is 6.07 Å². The fraction of sp³-hybridized carbons (Fsp3) is 0. The third-order valence-corrected chi connectivity index (χ3v) is 5.18. The Hall–Kier alpha value is -1.18. The van der Waals surface area contributed by atoms with Gasteiger partial charge >= 0.3 is 0 Å². The molecule has 0 atom stereocenters. The third-order valence-electron chi connectivity index (χ3n) is 2.38. The highest BCUT2D eigenvalue weighted by atomic mass is 79.9. The standard InChI is InChI=1S/C12H7BrClF2NO2S/c13-12-8(14)2-1-3-10(12)17-20(18,19)11-5-4-7(15)6-9(11)16/h1-6,17H. The second kappa shape index (κ2) is 5.67. The average Bonchev–Trinajstić information content (AvgIpc) is 2.34. The molecule has 0 aliphatic rings. The molecule has 0 unspecified atom stereocenters. The van der Waals surface area contributed by atoms with Gasteiger partial charge in [0.1, 0.15) is 16.5 Å². The van der Waals surface area contributed by atoms with E-state index in [-0.39, 0.29) is 5.69 Å². The Labute approximate surface area is 127 Å². The Balaban J connectivity index is 2.44. The van der Waals surface area contributed by atoms with Crippen LogP contribution in [0.3, 0.4) is 0 Å². The Kier molecular flexibility index (Phi) is 4.31. The first-order chi connectivity index (χ1) is 9.31. The molecule has 0 fully saturated rings. The molecule has 2 aromatic rings. The maximum atomic E-state index is 13.5. The molecule has 0 aliphatic heterocycles. The monoisotopic (exact) mass is 381 g/mol. The molecule has 0 heterocycles. The summed E-state index contributed by atoms with van der Waals surface area (Å²) in [6.07, 6.45) is 0. The molecule has 0 aliphatic carbocycles. The lowest BCUT2D eigenvalue weighted by atomic mass is 10.3. The fourth-order valence-electron chi connectivity index (χ4n) is 1.48. The van der Waals surface area contributed by atoms with Crippen molar-refractivity contribution in [3.05, 3.63) is 57.5 Å². The number of hydrogen-bond donors (Lipinski definition) is 1. The van der Waals surface area contributed by atoms with E-state index in [1.165, 1.54) is 12.1 Å². The maximum Gasteiger partial charge on any atom is 0.264 e. The van der Waals surface area contributed by atoms with Crippen molar-refractivity contribution in [2.24, 2.45) is 0 Å². The van der Waals surface area contributed by atoms with E-state index in [4.69, 9.17) is 11.6 Å². The highest BCUT2D eigenvalue weighted by Gasteiger charge is 2.21. The molecule has 0 bridgehead atoms. The molecular weight excluding hydrogens is 376 g/mol. The summed E-state index contributed by atoms with van der Waals surface area (Å²) in [6.45, 7) is 0. The van der Waals surface area contributed by atoms with Gasteiger partial charge in [-0.2, -0.15) is 0 Å². The number of sulfonamides is 1. The molecule has 3 nitrogen and oxygen atoms in total. The SMILES string of the molecule is O=S(=O)(Nc1cccc(Cl)c1Br)c1ccc(F)cc1F. The first-order valence-corrected chi connectivity index (χ1v) is 7.88. The maximum absolute atomic E-state index is 13.5. The van der Waals surface area contributed by atoms with E-state index in [9.17, 15) is 17.2 Å². The molecule has 0 spiro atoms. The van der Waals surface area contributed by atoms with Gasteiger partial charge < -0.3 is 0 Å². The van der Waals surface area contributed by atoms with Gasteiger partial charge in [0.15, 0.2) is 0 Å². The van der Waals surface area contributed by atoms with Crippen molar-refractivity contribution in [1.82, 2.24) is 0 Å². The molecule has 0 saturated carbocycles. The van der Waals surface area contributed by atoms with Gasteiger partial charge in [0.05, 0.1) is 15.2 Å². The second-order valence-electron chi connectivity index (χ2n) is 3.78. The molecule has 0 radical (unpaired) electrons. The van der Waals surface area contributed by atoms with Crippen LogP contribution in [-0.2, 0) is 10.0 Å². The molecule has 0 amide bonds. The number of rotatable bonds is 3. The highest BCUT2D eigenvalue weighted by Crippen LogP contribution is 2.31. The summed E-state index contributed by atoms with van der Waals surface area (Å²) in [6, 6.07) is 6.76. The fourth-order valence-corrected chi connectivity index (χ4v) is 3.28. The zero-order valence-electron chi connectivity index (χ0n) is 9.70. The molecule has 106 valence electrons. The normalized spacial score (nSPS) is 11.4. The van der Waals surface area contributed by atoms with Crippen molar-refractivity contribution < 1.29 is 17.2 Å². The minimum absolute atomic E-state index is 0.154. The number of nitrogens with one attached hydrogen (secondary N) is 1. The predicted octanol–water partition coefficient (Wildman–Crippen LogP) is 4.18. The third kappa shape index (κ3) is 3.11. The molecule has 20 heavy (non-hydrogen) atoms. The Morgan fingerprint density at radius 1 is 1.15 bits per heavy atom. The van der Waals surface area contributed by atoms with Gasteiger partial charge in [-0.25, -0.2) is 17.2 Å². The van der Waals surface area contributed by atoms with Gasteiger partial charge in [-0.1, -0.05) is 17.7 Å². The lowest BCUT2D eigenvalue weighted by Gasteiger charge is -2.11. The summed E-state index contributed by atoms with van der Waals surface area (Å²) in [7, 11) is -4.18. The molecule has 2 aromatic carbocycles. The summed E-state index contributed by atoms with van der Waals surface area (Å²) >= 11 is 8.96. The first kappa shape index (κ1) is 15.2. The van der Waals surface area contributed by atoms with Crippen LogP contribution in [0, 0.1) is 11.6 Å². The predicted molar refractivity (Wildman–Crippen MR) is 76.3 cm³/mol. The van der Waals surface area contributed by atoms with Crippen LogP contribution >= 0.6 is 27.5 Å². The van der Waals surface area contributed by atoms with Gasteiger partial charge in [-0.15, -0.1) is 0 Å². The van der Waals surface area contributed by atoms with Crippen molar-refractivity contribution in [3.63, 3.8) is 0 Å². The highest BCUT2D eigenvalue weighted by molar-refractivity contribution is 9.10. The first-order valence-electron chi connectivity index (χ1n) is 5.23. The van der Waals surface area contributed by atoms with Crippen molar-refractivity contribution in [1.29, 1.82) is 0 Å². The van der Waals surface area contributed by atoms with Gasteiger partial charge in [-0.05, 0) is 40.2 Å². The minimum Gasteiger partial charge on any atom is -0.278 e. The van der Waals surface area contributed by atoms with Crippen LogP contribution in [0.5, 0.6) is 0 Å². The summed E-state index contributed by atoms with van der Waals surface area (Å²) in [4.78, 5) is -0.647. The van der Waals surface area contributed by atoms with Gasteiger partial charge in [0.25, 0.3) is 10.0 Å². The minimum atomic E-state index is -4.18. The van der Waals surface area contributed by atoms with Crippen LogP contribution in [0.1, 0.15) is 0 Å². The summed E-state index contributed by atoms with van der Waals surface area (Å²) < 4.78 is 53.0. The number of halogens is 4. The summed E-state index contributed by atoms with van der Waals surface area (Å²) in [5.41, 5.74) is 0.154. The topological polar surface area (TPSA) is 46.2 Å². The summed E-state index contributed by atoms with van der Waals surface area (Å²) in [5.74, 6) is -2.03. The smallest absolute Gasteiger partial charge is 0.264 e. The van der Waals surface area contributed by atoms with E-state index in [0.29, 0.717) is 15.6 Å². The van der Waals surface area contributed by atoms with Crippen LogP contribution in [0.15, 0.2) is 45.8 Å². The summed E-state index contributed by atoms with van der Waals surface area (Å²) in [5, 5.41) is 0.296. The van der Waals surface area contributed by atoms with Crippen LogP contribution in [0.4, 0.5) is 14.5 Å². The van der Waals surface area contributed by atoms with Crippen molar-refractivity contribution in [2.75, 3.05) is 4.72 Å². The van der Waals surface area contributed by atoms with Crippen LogP contribution in [-0.4, -0.2) is 8.42 Å². The zero-order chi connectivity index (χ0) is 14.9. The average molecular weight is 383 g/mol. The number of anilines is 1. The molecule has 0 aromatic heterocycles. The van der Waals surface area contributed by atoms with Crippen LogP contribution in [0.25, 0.3) is 0 Å². The largest absolute Gasteiger partial charge is 0.278 e. The molecule has 2 rings (SSSR count). The molecule has 1 N–H and O–H groups in total. The van der Waals surface area contributed by atoms with Gasteiger partial charge in [0.2, 0.25) is 0 Å².